The number of anilines is 1. The largest absolute Gasteiger partial charge is 0.480 e. The first-order valence-corrected chi connectivity index (χ1v) is 13.8. The molecule has 0 aromatic carbocycles. The summed E-state index contributed by atoms with van der Waals surface area (Å²) in [5, 5.41) is 11.7. The Bertz CT molecular complexity index is 823. The van der Waals surface area contributed by atoms with Crippen LogP contribution in [0.15, 0.2) is 24.5 Å². The van der Waals surface area contributed by atoms with Gasteiger partial charge in [0, 0.05) is 69.9 Å². The fourth-order valence-electron chi connectivity index (χ4n) is 5.02. The third-order valence-electron chi connectivity index (χ3n) is 6.94. The van der Waals surface area contributed by atoms with Gasteiger partial charge in [0.05, 0.1) is 0 Å². The quantitative estimate of drug-likeness (QED) is 0.388. The topological polar surface area (TPSA) is 115 Å². The monoisotopic (exact) mass is 481 g/mol. The predicted octanol–water partition coefficient (Wildman–Crippen LogP) is 1.84. The Balaban J connectivity index is 1.41. The second-order valence-electron chi connectivity index (χ2n) is 9.16. The van der Waals surface area contributed by atoms with Crippen LogP contribution in [0.2, 0.25) is 0 Å². The predicted molar refractivity (Wildman–Crippen MR) is 130 cm³/mol. The number of aliphatic carboxylic acids is 1. The van der Waals surface area contributed by atoms with Crippen LogP contribution >= 0.6 is 0 Å². The van der Waals surface area contributed by atoms with Gasteiger partial charge in [0.25, 0.3) is 0 Å². The van der Waals surface area contributed by atoms with Crippen molar-refractivity contribution in [2.75, 3.05) is 51.1 Å². The van der Waals surface area contributed by atoms with Gasteiger partial charge in [-0.2, -0.15) is 0 Å². The lowest BCUT2D eigenvalue weighted by molar-refractivity contribution is -0.137. The molecular formula is C23H39N5O4S. The summed E-state index contributed by atoms with van der Waals surface area (Å²) in [4.78, 5) is 20.8. The van der Waals surface area contributed by atoms with Gasteiger partial charge in [-0.1, -0.05) is 13.3 Å². The van der Waals surface area contributed by atoms with Gasteiger partial charge < -0.3 is 10.4 Å². The molecule has 33 heavy (non-hydrogen) atoms. The molecule has 10 heteroatoms. The molecule has 1 aromatic heterocycles. The van der Waals surface area contributed by atoms with Crippen molar-refractivity contribution in [3.8, 4) is 0 Å². The van der Waals surface area contributed by atoms with Gasteiger partial charge in [-0.05, 0) is 50.2 Å². The van der Waals surface area contributed by atoms with Crippen molar-refractivity contribution in [1.29, 1.82) is 0 Å². The molecule has 3 rings (SSSR count). The van der Waals surface area contributed by atoms with Crippen LogP contribution < -0.4 is 10.0 Å². The van der Waals surface area contributed by atoms with E-state index >= 15 is 0 Å². The number of hydrogen-bond acceptors (Lipinski definition) is 7. The summed E-state index contributed by atoms with van der Waals surface area (Å²) in [6.07, 6.45) is 8.16. The first-order chi connectivity index (χ1) is 15.9. The van der Waals surface area contributed by atoms with Crippen LogP contribution in [0, 0.1) is 5.92 Å². The van der Waals surface area contributed by atoms with E-state index in [0.717, 1.165) is 64.2 Å². The van der Waals surface area contributed by atoms with Gasteiger partial charge in [-0.15, -0.1) is 0 Å². The van der Waals surface area contributed by atoms with Crippen LogP contribution in [0.3, 0.4) is 0 Å². The Kier molecular flexibility index (Phi) is 9.91. The van der Waals surface area contributed by atoms with E-state index < -0.39 is 21.2 Å². The molecule has 186 valence electrons. The zero-order valence-electron chi connectivity index (χ0n) is 19.7. The molecule has 1 aliphatic heterocycles. The minimum Gasteiger partial charge on any atom is -0.480 e. The number of sulfonamides is 1. The van der Waals surface area contributed by atoms with E-state index in [2.05, 4.69) is 24.8 Å². The molecule has 0 spiro atoms. The lowest BCUT2D eigenvalue weighted by atomic mass is 9.83. The fraction of sp³-hybridized carbons (Fsp3) is 0.739. The number of rotatable bonds is 12. The summed E-state index contributed by atoms with van der Waals surface area (Å²) < 4.78 is 27.8. The van der Waals surface area contributed by atoms with Crippen LogP contribution in [0.25, 0.3) is 0 Å². The minimum atomic E-state index is -3.85. The fourth-order valence-corrected chi connectivity index (χ4v) is 6.67. The number of carboxylic acids is 1. The van der Waals surface area contributed by atoms with Crippen LogP contribution in [0.4, 0.5) is 5.69 Å². The van der Waals surface area contributed by atoms with Crippen LogP contribution in [-0.2, 0) is 14.8 Å². The van der Waals surface area contributed by atoms with Crippen molar-refractivity contribution in [3.63, 3.8) is 0 Å². The van der Waals surface area contributed by atoms with Crippen LogP contribution in [-0.4, -0.2) is 91.4 Å². The SMILES string of the molecule is CCCCNS(=O)(=O)C(C(=O)O)C1CCC(N2CCN(CCNc3ccncc3)CC2)CC1. The lowest BCUT2D eigenvalue weighted by Gasteiger charge is -2.42. The van der Waals surface area contributed by atoms with E-state index in [-0.39, 0.29) is 5.92 Å². The maximum absolute atomic E-state index is 12.6. The second kappa shape index (κ2) is 12.6. The molecule has 1 saturated carbocycles. The van der Waals surface area contributed by atoms with Crippen molar-refractivity contribution >= 4 is 21.7 Å². The molecule has 0 amide bonds. The standard InChI is InChI=1S/C23H39N5O4S/c1-2-3-10-26-33(31,32)22(23(29)30)19-4-6-21(7-5-19)28-17-15-27(16-18-28)14-13-25-20-8-11-24-12-9-20/h8-9,11-12,19,21-22,26H,2-7,10,13-18H2,1H3,(H,24,25)(H,29,30). The molecule has 1 aromatic rings. The highest BCUT2D eigenvalue weighted by Gasteiger charge is 2.42. The zero-order chi connectivity index (χ0) is 23.7. The van der Waals surface area contributed by atoms with Gasteiger partial charge >= 0.3 is 5.97 Å². The average Bonchev–Trinajstić information content (AvgIpc) is 2.80. The highest BCUT2D eigenvalue weighted by molar-refractivity contribution is 7.90. The molecule has 1 saturated heterocycles. The number of hydrogen-bond donors (Lipinski definition) is 3. The third-order valence-corrected chi connectivity index (χ3v) is 8.80. The number of carbonyl (C=O) groups is 1. The van der Waals surface area contributed by atoms with Gasteiger partial charge in [-0.25, -0.2) is 13.1 Å². The van der Waals surface area contributed by atoms with E-state index in [1.807, 2.05) is 19.1 Å². The smallest absolute Gasteiger partial charge is 0.323 e. The molecule has 2 fully saturated rings. The molecule has 2 heterocycles. The summed E-state index contributed by atoms with van der Waals surface area (Å²) in [5.41, 5.74) is 1.09. The normalized spacial score (nSPS) is 23.8. The summed E-state index contributed by atoms with van der Waals surface area (Å²) in [5.74, 6) is -1.55. The Morgan fingerprint density at radius 1 is 1.12 bits per heavy atom. The van der Waals surface area contributed by atoms with Gasteiger partial charge in [0.1, 0.15) is 0 Å². The van der Waals surface area contributed by atoms with Crippen molar-refractivity contribution < 1.29 is 18.3 Å². The first-order valence-electron chi connectivity index (χ1n) is 12.2. The summed E-state index contributed by atoms with van der Waals surface area (Å²) >= 11 is 0. The molecule has 1 atom stereocenters. The Morgan fingerprint density at radius 2 is 1.79 bits per heavy atom. The van der Waals surface area contributed by atoms with Crippen molar-refractivity contribution in [3.05, 3.63) is 24.5 Å². The maximum Gasteiger partial charge on any atom is 0.323 e. The molecule has 1 unspecified atom stereocenters. The van der Waals surface area contributed by atoms with Crippen LogP contribution in [0.1, 0.15) is 45.4 Å². The van der Waals surface area contributed by atoms with Gasteiger partial charge in [0.2, 0.25) is 10.0 Å². The third kappa shape index (κ3) is 7.63. The molecule has 9 nitrogen and oxygen atoms in total. The number of carboxylic acid groups (broad SMARTS) is 1. The van der Waals surface area contributed by atoms with Gasteiger partial charge in [-0.3, -0.25) is 19.6 Å². The average molecular weight is 482 g/mol. The van der Waals surface area contributed by atoms with E-state index in [1.165, 1.54) is 0 Å². The van der Waals surface area contributed by atoms with Crippen LogP contribution in [0.5, 0.6) is 0 Å². The molecule has 1 aliphatic carbocycles. The Labute approximate surface area is 198 Å². The Hall–Kier alpha value is -1.75. The number of aromatic nitrogens is 1. The highest BCUT2D eigenvalue weighted by Crippen LogP contribution is 2.33. The zero-order valence-corrected chi connectivity index (χ0v) is 20.5. The summed E-state index contributed by atoms with van der Waals surface area (Å²) in [7, 11) is -3.85. The van der Waals surface area contributed by atoms with Gasteiger partial charge in [0.15, 0.2) is 5.25 Å². The molecular weight excluding hydrogens is 442 g/mol. The highest BCUT2D eigenvalue weighted by atomic mass is 32.2. The molecule has 3 N–H and O–H groups in total. The first kappa shape index (κ1) is 25.9. The van der Waals surface area contributed by atoms with Crippen molar-refractivity contribution in [1.82, 2.24) is 19.5 Å². The molecule has 0 bridgehead atoms. The number of piperazine rings is 1. The van der Waals surface area contributed by atoms with E-state index in [9.17, 15) is 18.3 Å². The van der Waals surface area contributed by atoms with E-state index in [4.69, 9.17) is 0 Å². The van der Waals surface area contributed by atoms with E-state index in [0.29, 0.717) is 31.8 Å². The second-order valence-corrected chi connectivity index (χ2v) is 11.0. The van der Waals surface area contributed by atoms with E-state index in [1.54, 1.807) is 12.4 Å². The molecule has 0 radical (unpaired) electrons. The Morgan fingerprint density at radius 3 is 2.39 bits per heavy atom. The number of nitrogens with zero attached hydrogens (tertiary/aromatic N) is 3. The van der Waals surface area contributed by atoms with Crippen molar-refractivity contribution in [2.24, 2.45) is 5.92 Å². The summed E-state index contributed by atoms with van der Waals surface area (Å²) in [6.45, 7) is 8.22. The number of unbranched alkanes of at least 4 members (excludes halogenated alkanes) is 1. The lowest BCUT2D eigenvalue weighted by Crippen LogP contribution is -2.53. The summed E-state index contributed by atoms with van der Waals surface area (Å²) in [6, 6.07) is 4.36. The number of pyridine rings is 1. The molecule has 2 aliphatic rings. The maximum atomic E-state index is 12.6. The van der Waals surface area contributed by atoms with Crippen molar-refractivity contribution in [2.45, 2.75) is 56.7 Å². The number of nitrogens with one attached hydrogen (secondary N) is 2. The minimum absolute atomic E-state index is 0.306.